The number of amides is 1. The van der Waals surface area contributed by atoms with Gasteiger partial charge < -0.3 is 9.84 Å². The molecule has 1 N–H and O–H groups in total. The van der Waals surface area contributed by atoms with Gasteiger partial charge in [-0.05, 0) is 67.4 Å². The molecule has 2 aromatic carbocycles. The van der Waals surface area contributed by atoms with Gasteiger partial charge in [0.1, 0.15) is 17.3 Å². The molecule has 1 aliphatic rings. The van der Waals surface area contributed by atoms with E-state index in [-0.39, 0.29) is 17.0 Å². The maximum absolute atomic E-state index is 13.9. The first kappa shape index (κ1) is 21.2. The number of aromatic nitrogens is 1. The molecule has 0 spiro atoms. The zero-order valence-corrected chi connectivity index (χ0v) is 17.6. The van der Waals surface area contributed by atoms with E-state index in [1.807, 2.05) is 13.8 Å². The molecule has 1 unspecified atom stereocenters. The molecule has 1 aromatic heterocycles. The lowest BCUT2D eigenvalue weighted by Gasteiger charge is -2.25. The van der Waals surface area contributed by atoms with Crippen LogP contribution in [-0.4, -0.2) is 28.4 Å². The highest BCUT2D eigenvalue weighted by Crippen LogP contribution is 2.42. The smallest absolute Gasteiger partial charge is 0.300 e. The van der Waals surface area contributed by atoms with E-state index in [0.717, 1.165) is 5.56 Å². The van der Waals surface area contributed by atoms with Crippen molar-refractivity contribution in [3.8, 4) is 5.75 Å². The van der Waals surface area contributed by atoms with Crippen molar-refractivity contribution in [1.29, 1.82) is 0 Å². The molecule has 0 radical (unpaired) electrons. The Hall–Kier alpha value is -4.00. The maximum Gasteiger partial charge on any atom is 0.300 e. The van der Waals surface area contributed by atoms with E-state index in [0.29, 0.717) is 23.5 Å². The number of carbonyl (C=O) groups excluding carboxylic acids is 2. The molecule has 1 aliphatic heterocycles. The fraction of sp³-hybridized carbons (Fsp3) is 0.160. The number of carbonyl (C=O) groups is 2. The maximum atomic E-state index is 13.9. The van der Waals surface area contributed by atoms with E-state index in [2.05, 4.69) is 4.98 Å². The van der Waals surface area contributed by atoms with E-state index < -0.39 is 23.5 Å². The summed E-state index contributed by atoms with van der Waals surface area (Å²) in [7, 11) is 0. The van der Waals surface area contributed by atoms with Gasteiger partial charge in [0, 0.05) is 23.6 Å². The molecule has 0 saturated carbocycles. The van der Waals surface area contributed by atoms with Crippen LogP contribution in [0, 0.1) is 12.7 Å². The first-order chi connectivity index (χ1) is 15.4. The van der Waals surface area contributed by atoms with Gasteiger partial charge in [0.25, 0.3) is 11.7 Å². The number of benzene rings is 2. The van der Waals surface area contributed by atoms with Gasteiger partial charge in [-0.2, -0.15) is 0 Å². The quantitative estimate of drug-likeness (QED) is 0.363. The summed E-state index contributed by atoms with van der Waals surface area (Å²) in [6, 6.07) is 12.9. The van der Waals surface area contributed by atoms with Crippen molar-refractivity contribution in [3.05, 3.63) is 95.1 Å². The third-order valence-electron chi connectivity index (χ3n) is 5.28. The number of ketones is 1. The predicted octanol–water partition coefficient (Wildman–Crippen LogP) is 4.55. The summed E-state index contributed by atoms with van der Waals surface area (Å²) in [6.45, 7) is 4.19. The third kappa shape index (κ3) is 3.73. The van der Waals surface area contributed by atoms with Gasteiger partial charge in [-0.15, -0.1) is 0 Å². The lowest BCUT2D eigenvalue weighted by Crippen LogP contribution is -2.29. The summed E-state index contributed by atoms with van der Waals surface area (Å²) in [5.41, 5.74) is 1.78. The van der Waals surface area contributed by atoms with Crippen LogP contribution in [0.3, 0.4) is 0 Å². The molecule has 7 heteroatoms. The average molecular weight is 432 g/mol. The van der Waals surface area contributed by atoms with Crippen LogP contribution >= 0.6 is 0 Å². The monoisotopic (exact) mass is 432 g/mol. The number of hydrogen-bond acceptors (Lipinski definition) is 5. The van der Waals surface area contributed by atoms with Crippen molar-refractivity contribution in [2.24, 2.45) is 0 Å². The predicted molar refractivity (Wildman–Crippen MR) is 118 cm³/mol. The zero-order chi connectivity index (χ0) is 22.8. The first-order valence-electron chi connectivity index (χ1n) is 10.1. The molecular weight excluding hydrogens is 411 g/mol. The molecule has 0 aliphatic carbocycles. The van der Waals surface area contributed by atoms with Crippen LogP contribution in [0.2, 0.25) is 0 Å². The van der Waals surface area contributed by atoms with E-state index in [1.54, 1.807) is 42.6 Å². The standard InChI is InChI=1S/C25H21FN2O4/c1-3-32-20-10-9-16(12-15(20)2)23(29)21-22(17-6-5-11-27-14-17)28(25(31)24(21)30)19-8-4-7-18(26)13-19/h4-14,22,29H,3H2,1-2H3/b23-21+. The summed E-state index contributed by atoms with van der Waals surface area (Å²) in [5.74, 6) is -1.91. The van der Waals surface area contributed by atoms with Crippen LogP contribution in [0.25, 0.3) is 5.76 Å². The Labute approximate surface area is 184 Å². The van der Waals surface area contributed by atoms with Gasteiger partial charge in [0.15, 0.2) is 0 Å². The molecule has 6 nitrogen and oxygen atoms in total. The SMILES string of the molecule is CCOc1ccc(/C(O)=C2\C(=O)C(=O)N(c3cccc(F)c3)C2c2cccnc2)cc1C. The first-order valence-corrected chi connectivity index (χ1v) is 10.1. The number of aliphatic hydroxyl groups excluding tert-OH is 1. The molecule has 162 valence electrons. The molecule has 1 saturated heterocycles. The largest absolute Gasteiger partial charge is 0.507 e. The number of ether oxygens (including phenoxy) is 1. The Morgan fingerprint density at radius 2 is 1.97 bits per heavy atom. The van der Waals surface area contributed by atoms with E-state index in [9.17, 15) is 19.1 Å². The Morgan fingerprint density at radius 1 is 1.16 bits per heavy atom. The number of anilines is 1. The second-order valence-corrected chi connectivity index (χ2v) is 7.35. The minimum atomic E-state index is -0.961. The van der Waals surface area contributed by atoms with Gasteiger partial charge in [0.2, 0.25) is 0 Å². The molecule has 2 heterocycles. The number of aryl methyl sites for hydroxylation is 1. The highest BCUT2D eigenvalue weighted by Gasteiger charge is 2.47. The third-order valence-corrected chi connectivity index (χ3v) is 5.28. The van der Waals surface area contributed by atoms with Gasteiger partial charge in [0.05, 0.1) is 18.2 Å². The topological polar surface area (TPSA) is 79.7 Å². The minimum Gasteiger partial charge on any atom is -0.507 e. The molecule has 1 atom stereocenters. The van der Waals surface area contributed by atoms with Crippen LogP contribution in [0.15, 0.2) is 72.6 Å². The fourth-order valence-electron chi connectivity index (χ4n) is 3.85. The van der Waals surface area contributed by atoms with Crippen molar-refractivity contribution < 1.29 is 23.8 Å². The second kappa shape index (κ2) is 8.63. The molecule has 4 rings (SSSR count). The van der Waals surface area contributed by atoms with Crippen molar-refractivity contribution in [3.63, 3.8) is 0 Å². The fourth-order valence-corrected chi connectivity index (χ4v) is 3.85. The van der Waals surface area contributed by atoms with Crippen LogP contribution < -0.4 is 9.64 Å². The van der Waals surface area contributed by atoms with Crippen molar-refractivity contribution in [1.82, 2.24) is 4.98 Å². The molecule has 3 aromatic rings. The zero-order valence-electron chi connectivity index (χ0n) is 17.6. The highest BCUT2D eigenvalue weighted by molar-refractivity contribution is 6.51. The van der Waals surface area contributed by atoms with E-state index >= 15 is 0 Å². The van der Waals surface area contributed by atoms with E-state index in [1.165, 1.54) is 29.3 Å². The molecule has 1 amide bonds. The summed E-state index contributed by atoms with van der Waals surface area (Å²) < 4.78 is 19.5. The van der Waals surface area contributed by atoms with Gasteiger partial charge in [-0.1, -0.05) is 12.1 Å². The number of halogens is 1. The minimum absolute atomic E-state index is 0.0872. The highest BCUT2D eigenvalue weighted by atomic mass is 19.1. The summed E-state index contributed by atoms with van der Waals surface area (Å²) in [4.78, 5) is 31.4. The lowest BCUT2D eigenvalue weighted by atomic mass is 9.95. The number of pyridine rings is 1. The van der Waals surface area contributed by atoms with Crippen molar-refractivity contribution in [2.75, 3.05) is 11.5 Å². The molecule has 32 heavy (non-hydrogen) atoms. The van der Waals surface area contributed by atoms with E-state index in [4.69, 9.17) is 4.74 Å². The number of nitrogens with zero attached hydrogens (tertiary/aromatic N) is 2. The summed E-state index contributed by atoms with van der Waals surface area (Å²) >= 11 is 0. The molecule has 0 bridgehead atoms. The Morgan fingerprint density at radius 3 is 2.62 bits per heavy atom. The Balaban J connectivity index is 1.90. The number of rotatable bonds is 5. The summed E-state index contributed by atoms with van der Waals surface area (Å²) in [5, 5.41) is 11.1. The molecule has 1 fully saturated rings. The Bertz CT molecular complexity index is 1220. The van der Waals surface area contributed by atoms with Gasteiger partial charge in [-0.25, -0.2) is 4.39 Å². The number of Topliss-reactive ketones (excluding diaryl/α,β-unsaturated/α-hetero) is 1. The number of hydrogen-bond donors (Lipinski definition) is 1. The lowest BCUT2D eigenvalue weighted by molar-refractivity contribution is -0.132. The summed E-state index contributed by atoms with van der Waals surface area (Å²) in [6.07, 6.45) is 3.08. The normalized spacial score (nSPS) is 17.6. The molecular formula is C25H21FN2O4. The van der Waals surface area contributed by atoms with Gasteiger partial charge in [-0.3, -0.25) is 19.5 Å². The van der Waals surface area contributed by atoms with Crippen molar-refractivity contribution in [2.45, 2.75) is 19.9 Å². The second-order valence-electron chi connectivity index (χ2n) is 7.35. The van der Waals surface area contributed by atoms with Gasteiger partial charge >= 0.3 is 0 Å². The Kier molecular flexibility index (Phi) is 5.73. The van der Waals surface area contributed by atoms with Crippen LogP contribution in [0.1, 0.15) is 29.7 Å². The number of aliphatic hydroxyl groups is 1. The van der Waals surface area contributed by atoms with Crippen LogP contribution in [-0.2, 0) is 9.59 Å². The van der Waals surface area contributed by atoms with Crippen LogP contribution in [0.5, 0.6) is 5.75 Å². The van der Waals surface area contributed by atoms with Crippen LogP contribution in [0.4, 0.5) is 10.1 Å². The average Bonchev–Trinajstić information content (AvgIpc) is 3.06. The van der Waals surface area contributed by atoms with Crippen molar-refractivity contribution >= 4 is 23.1 Å².